The van der Waals surface area contributed by atoms with Crippen LogP contribution in [0.2, 0.25) is 0 Å². The molecular weight excluding hydrogens is 649 g/mol. The predicted octanol–water partition coefficient (Wildman–Crippen LogP) is 4.44. The summed E-state index contributed by atoms with van der Waals surface area (Å²) >= 11 is 0. The summed E-state index contributed by atoms with van der Waals surface area (Å²) in [5, 5.41) is 22.4. The van der Waals surface area contributed by atoms with E-state index < -0.39 is 5.82 Å². The van der Waals surface area contributed by atoms with E-state index in [0.717, 1.165) is 16.5 Å². The second-order valence-electron chi connectivity index (χ2n) is 12.8. The fourth-order valence-electron chi connectivity index (χ4n) is 7.01. The van der Waals surface area contributed by atoms with Gasteiger partial charge in [0.15, 0.2) is 23.7 Å². The van der Waals surface area contributed by atoms with Crippen LogP contribution in [0.3, 0.4) is 0 Å². The number of carbonyl (C=O) groups excluding carboxylic acids is 2. The van der Waals surface area contributed by atoms with Gasteiger partial charge < -0.3 is 29.9 Å². The summed E-state index contributed by atoms with van der Waals surface area (Å²) in [5.41, 5.74) is 5.02. The predicted molar refractivity (Wildman–Crippen MR) is 192 cm³/mol. The van der Waals surface area contributed by atoms with E-state index in [0.29, 0.717) is 85.4 Å². The molecule has 0 bridgehead atoms. The monoisotopic (exact) mass is 691 g/mol. The molecular formula is C39H42FN7O4. The molecule has 2 amide bonds. The van der Waals surface area contributed by atoms with Gasteiger partial charge in [-0.15, -0.1) is 6.58 Å². The number of ether oxygens (including phenoxy) is 1. The fraction of sp³-hybridized carbons (Fsp3) is 0.359. The van der Waals surface area contributed by atoms with E-state index in [1.807, 2.05) is 47.1 Å². The Balaban J connectivity index is 1.24. The molecule has 2 aromatic carbocycles. The van der Waals surface area contributed by atoms with Crippen LogP contribution in [0.25, 0.3) is 22.0 Å². The van der Waals surface area contributed by atoms with Crippen molar-refractivity contribution in [1.82, 2.24) is 25.1 Å². The first-order valence-corrected chi connectivity index (χ1v) is 17.4. The first-order chi connectivity index (χ1) is 24.9. The number of nitrogens with one attached hydrogen (secondary N) is 2. The molecule has 2 aromatic heterocycles. The lowest BCUT2D eigenvalue weighted by Crippen LogP contribution is -2.56. The Kier molecular flexibility index (Phi) is 11.2. The van der Waals surface area contributed by atoms with Crippen molar-refractivity contribution in [3.8, 4) is 22.9 Å². The zero-order valence-corrected chi connectivity index (χ0v) is 28.7. The molecule has 4 aromatic rings. The Morgan fingerprint density at radius 2 is 2.00 bits per heavy atom. The summed E-state index contributed by atoms with van der Waals surface area (Å²) < 4.78 is 20.8. The van der Waals surface area contributed by atoms with Crippen LogP contribution < -0.4 is 15.5 Å². The molecule has 1 atom stereocenters. The summed E-state index contributed by atoms with van der Waals surface area (Å²) in [7, 11) is 0. The number of aromatic amines is 1. The maximum Gasteiger partial charge on any atom is 0.254 e. The quantitative estimate of drug-likeness (QED) is 0.209. The number of carbonyl (C=O) groups is 2. The van der Waals surface area contributed by atoms with Gasteiger partial charge in [-0.3, -0.25) is 9.59 Å². The smallest absolute Gasteiger partial charge is 0.254 e. The van der Waals surface area contributed by atoms with Crippen LogP contribution in [0, 0.1) is 23.1 Å². The summed E-state index contributed by atoms with van der Waals surface area (Å²) in [6, 6.07) is 14.3. The highest BCUT2D eigenvalue weighted by Crippen LogP contribution is 2.35. The minimum absolute atomic E-state index is 0.00256. The Hall–Kier alpha value is -5.38. The van der Waals surface area contributed by atoms with E-state index in [1.54, 1.807) is 30.6 Å². The molecule has 2 aliphatic heterocycles. The Morgan fingerprint density at radius 3 is 2.75 bits per heavy atom. The van der Waals surface area contributed by atoms with Crippen molar-refractivity contribution in [2.45, 2.75) is 38.6 Å². The van der Waals surface area contributed by atoms with Crippen LogP contribution in [-0.4, -0.2) is 88.7 Å². The molecule has 2 saturated heterocycles. The number of aliphatic hydroxyl groups excluding tert-OH is 1. The van der Waals surface area contributed by atoms with Crippen molar-refractivity contribution < 1.29 is 23.8 Å². The maximum atomic E-state index is 15.5. The van der Waals surface area contributed by atoms with E-state index in [1.165, 1.54) is 6.07 Å². The number of benzene rings is 2. The second-order valence-corrected chi connectivity index (χ2v) is 12.8. The van der Waals surface area contributed by atoms with Gasteiger partial charge in [0, 0.05) is 79.2 Å². The third-order valence-corrected chi connectivity index (χ3v) is 9.68. The molecule has 6 rings (SSSR count). The van der Waals surface area contributed by atoms with Crippen LogP contribution in [0.4, 0.5) is 10.1 Å². The molecule has 0 spiro atoms. The first-order valence-electron chi connectivity index (χ1n) is 17.4. The normalized spacial score (nSPS) is 17.0. The Bertz CT molecular complexity index is 2050. The largest absolute Gasteiger partial charge is 0.476 e. The number of hydrogen-bond donors (Lipinski definition) is 3. The van der Waals surface area contributed by atoms with Gasteiger partial charge in [-0.1, -0.05) is 25.1 Å². The van der Waals surface area contributed by atoms with Crippen LogP contribution in [-0.2, 0) is 17.6 Å². The molecule has 0 radical (unpaired) electrons. The number of H-pyrrole nitrogens is 1. The van der Waals surface area contributed by atoms with Gasteiger partial charge in [-0.05, 0) is 67.1 Å². The molecule has 4 heterocycles. The molecule has 2 aliphatic rings. The lowest BCUT2D eigenvalue weighted by atomic mass is 9.93. The average molecular weight is 692 g/mol. The number of halogens is 1. The zero-order valence-electron chi connectivity index (χ0n) is 28.7. The van der Waals surface area contributed by atoms with Crippen molar-refractivity contribution in [3.05, 3.63) is 95.5 Å². The summed E-state index contributed by atoms with van der Waals surface area (Å²) in [5.74, 6) is -0.598. The number of aromatic nitrogens is 2. The number of rotatable bonds is 10. The third kappa shape index (κ3) is 7.55. The number of nitrogens with zero attached hydrogens (tertiary/aromatic N) is 5. The van der Waals surface area contributed by atoms with Crippen LogP contribution in [0.5, 0.6) is 5.75 Å². The minimum atomic E-state index is -0.535. The summed E-state index contributed by atoms with van der Waals surface area (Å²) in [6.45, 7) is 8.34. The van der Waals surface area contributed by atoms with Crippen molar-refractivity contribution in [1.29, 1.82) is 5.26 Å². The van der Waals surface area contributed by atoms with Gasteiger partial charge >= 0.3 is 0 Å². The van der Waals surface area contributed by atoms with E-state index >= 15 is 4.39 Å². The number of piperidine rings is 1. The molecule has 0 unspecified atom stereocenters. The number of hydrogen-bond acceptors (Lipinski definition) is 8. The van der Waals surface area contributed by atoms with Gasteiger partial charge in [0.05, 0.1) is 17.8 Å². The van der Waals surface area contributed by atoms with E-state index in [-0.39, 0.29) is 49.2 Å². The lowest BCUT2D eigenvalue weighted by Gasteiger charge is -2.38. The zero-order chi connectivity index (χ0) is 35.9. The van der Waals surface area contributed by atoms with Gasteiger partial charge in [-0.2, -0.15) is 5.26 Å². The number of amides is 2. The summed E-state index contributed by atoms with van der Waals surface area (Å²) in [4.78, 5) is 43.3. The van der Waals surface area contributed by atoms with Gasteiger partial charge in [0.1, 0.15) is 6.07 Å². The minimum Gasteiger partial charge on any atom is -0.476 e. The van der Waals surface area contributed by atoms with E-state index in [9.17, 15) is 14.7 Å². The average Bonchev–Trinajstić information content (AvgIpc) is 3.48. The highest BCUT2D eigenvalue weighted by atomic mass is 19.1. The summed E-state index contributed by atoms with van der Waals surface area (Å²) in [6.07, 6.45) is 7.18. The molecule has 51 heavy (non-hydrogen) atoms. The van der Waals surface area contributed by atoms with Crippen LogP contribution in [0.1, 0.15) is 41.3 Å². The van der Waals surface area contributed by atoms with Crippen molar-refractivity contribution >= 4 is 28.4 Å². The Labute approximate surface area is 296 Å². The van der Waals surface area contributed by atoms with Gasteiger partial charge in [0.25, 0.3) is 5.91 Å². The van der Waals surface area contributed by atoms with Crippen molar-refractivity contribution in [2.24, 2.45) is 10.9 Å². The number of allylic oxidation sites excluding steroid dienone is 1. The molecule has 3 N–H and O–H groups in total. The van der Waals surface area contributed by atoms with Crippen molar-refractivity contribution in [2.75, 3.05) is 45.9 Å². The molecule has 11 nitrogen and oxygen atoms in total. The number of aryl methyl sites for hydroxylation is 1. The molecule has 12 heteroatoms. The molecule has 2 fully saturated rings. The molecule has 264 valence electrons. The maximum absolute atomic E-state index is 15.5. The SMILES string of the molecule is C=CCc1c(-c2c[nH]c3c(=Nc4ccc(C(=O)N5CCC(C(=O)N6CCN[C@@H](CO)C6)CC5)c(CC)c4)ncccc23)ccc(OCC#N)c1F. The first kappa shape index (κ1) is 35.4. The fourth-order valence-corrected chi connectivity index (χ4v) is 7.01. The second kappa shape index (κ2) is 16.1. The number of fused-ring (bicyclic) bond motifs is 1. The number of piperazine rings is 1. The molecule has 0 saturated carbocycles. The van der Waals surface area contributed by atoms with Crippen LogP contribution in [0.15, 0.2) is 72.5 Å². The van der Waals surface area contributed by atoms with Crippen LogP contribution >= 0.6 is 0 Å². The highest BCUT2D eigenvalue weighted by molar-refractivity contribution is 5.97. The lowest BCUT2D eigenvalue weighted by molar-refractivity contribution is -0.138. The Morgan fingerprint density at radius 1 is 1.18 bits per heavy atom. The van der Waals surface area contributed by atoms with E-state index in [4.69, 9.17) is 15.0 Å². The van der Waals surface area contributed by atoms with Gasteiger partial charge in [0.2, 0.25) is 5.91 Å². The topological polar surface area (TPSA) is 147 Å². The standard InChI is InChI=1S/C39H42FN7O4/c1-3-6-31-30(10-11-34(35(31)40)51-20-14-41)33-22-44-36-32(33)7-5-15-43-37(36)45-27-8-9-29(25(4-2)21-27)39(50)46-17-12-26(13-18-46)38(49)47-19-16-42-28(23-47)24-48/h3,5,7-11,15,21-22,26,28,42,44,48H,1,4,6,12-13,16-20,23-24H2,2H3/t28-/m1/s1. The number of nitriles is 1. The van der Waals surface area contributed by atoms with Crippen molar-refractivity contribution in [3.63, 3.8) is 0 Å². The third-order valence-electron chi connectivity index (χ3n) is 9.68. The molecule has 0 aliphatic carbocycles. The van der Waals surface area contributed by atoms with Gasteiger partial charge in [-0.25, -0.2) is 14.4 Å². The number of aliphatic hydroxyl groups is 1. The van der Waals surface area contributed by atoms with E-state index in [2.05, 4.69) is 21.9 Å². The highest BCUT2D eigenvalue weighted by Gasteiger charge is 2.33. The number of likely N-dealkylation sites (tertiary alicyclic amines) is 1.